The van der Waals surface area contributed by atoms with Crippen LogP contribution >= 0.6 is 0 Å². The maximum Gasteiger partial charge on any atom is 0.411 e. The van der Waals surface area contributed by atoms with E-state index in [1.165, 1.54) is 12.1 Å². The number of hydrogen-bond donors (Lipinski definition) is 3. The zero-order valence-electron chi connectivity index (χ0n) is 11.6. The van der Waals surface area contributed by atoms with Crippen molar-refractivity contribution in [1.82, 2.24) is 5.32 Å². The molecule has 0 heterocycles. The molecule has 0 bridgehead atoms. The zero-order valence-corrected chi connectivity index (χ0v) is 11.6. The van der Waals surface area contributed by atoms with Crippen LogP contribution in [0.1, 0.15) is 10.4 Å². The van der Waals surface area contributed by atoms with Gasteiger partial charge in [-0.25, -0.2) is 0 Å². The Hall–Kier alpha value is -2.13. The van der Waals surface area contributed by atoms with Crippen LogP contribution in [0.4, 0.5) is 18.9 Å². The fourth-order valence-corrected chi connectivity index (χ4v) is 1.52. The standard InChI is InChI=1S/C13H16F3N3O3/c14-13(15,16)8-22-7-11(20)19-10-4-2-1-3-9(10)12(21)18-6-5-17/h1-4H,5-8,17H2,(H,18,21)(H,19,20). The summed E-state index contributed by atoms with van der Waals surface area (Å²) in [6.45, 7) is -1.77. The summed E-state index contributed by atoms with van der Waals surface area (Å²) in [5.41, 5.74) is 5.63. The fourth-order valence-electron chi connectivity index (χ4n) is 1.52. The molecule has 1 rings (SSSR count). The summed E-state index contributed by atoms with van der Waals surface area (Å²) < 4.78 is 39.9. The van der Waals surface area contributed by atoms with E-state index >= 15 is 0 Å². The molecule has 6 nitrogen and oxygen atoms in total. The average Bonchev–Trinajstić information content (AvgIpc) is 2.44. The second-order valence-electron chi connectivity index (χ2n) is 4.25. The maximum atomic E-state index is 11.9. The third kappa shape index (κ3) is 6.55. The molecule has 122 valence electrons. The van der Waals surface area contributed by atoms with Crippen LogP contribution in [-0.4, -0.2) is 44.3 Å². The van der Waals surface area contributed by atoms with Crippen LogP contribution in [0.15, 0.2) is 24.3 Å². The second kappa shape index (κ2) is 8.35. The third-order valence-electron chi connectivity index (χ3n) is 2.37. The number of halogens is 3. The Labute approximate surface area is 124 Å². The van der Waals surface area contributed by atoms with Gasteiger partial charge in [0, 0.05) is 13.1 Å². The smallest absolute Gasteiger partial charge is 0.362 e. The largest absolute Gasteiger partial charge is 0.411 e. The Kier molecular flexibility index (Phi) is 6.80. The highest BCUT2D eigenvalue weighted by Crippen LogP contribution is 2.16. The normalized spacial score (nSPS) is 11.1. The number of ether oxygens (including phenoxy) is 1. The number of anilines is 1. The fraction of sp³-hybridized carbons (Fsp3) is 0.385. The summed E-state index contributed by atoms with van der Waals surface area (Å²) >= 11 is 0. The molecule has 22 heavy (non-hydrogen) atoms. The van der Waals surface area contributed by atoms with Crippen molar-refractivity contribution in [3.8, 4) is 0 Å². The minimum absolute atomic E-state index is 0.178. The minimum Gasteiger partial charge on any atom is -0.362 e. The predicted octanol–water partition coefficient (Wildman–Crippen LogP) is 0.892. The van der Waals surface area contributed by atoms with E-state index in [1.807, 2.05) is 0 Å². The van der Waals surface area contributed by atoms with Gasteiger partial charge in [0.15, 0.2) is 0 Å². The van der Waals surface area contributed by atoms with Crippen molar-refractivity contribution in [3.63, 3.8) is 0 Å². The van der Waals surface area contributed by atoms with Gasteiger partial charge in [-0.3, -0.25) is 9.59 Å². The molecule has 0 aliphatic rings. The highest BCUT2D eigenvalue weighted by Gasteiger charge is 2.27. The van der Waals surface area contributed by atoms with E-state index in [4.69, 9.17) is 5.73 Å². The highest BCUT2D eigenvalue weighted by molar-refractivity contribution is 6.03. The average molecular weight is 319 g/mol. The third-order valence-corrected chi connectivity index (χ3v) is 2.37. The number of hydrogen-bond acceptors (Lipinski definition) is 4. The summed E-state index contributed by atoms with van der Waals surface area (Å²) in [4.78, 5) is 23.4. The molecule has 0 aliphatic heterocycles. The van der Waals surface area contributed by atoms with Crippen LogP contribution in [0.5, 0.6) is 0 Å². The summed E-state index contributed by atoms with van der Waals surface area (Å²) in [5, 5.41) is 4.86. The molecule has 0 unspecified atom stereocenters. The van der Waals surface area contributed by atoms with E-state index in [2.05, 4.69) is 15.4 Å². The van der Waals surface area contributed by atoms with Crippen molar-refractivity contribution in [2.24, 2.45) is 5.73 Å². The van der Waals surface area contributed by atoms with Gasteiger partial charge in [-0.05, 0) is 12.1 Å². The van der Waals surface area contributed by atoms with E-state index in [0.29, 0.717) is 0 Å². The molecule has 0 fully saturated rings. The Morgan fingerprint density at radius 1 is 1.23 bits per heavy atom. The van der Waals surface area contributed by atoms with Gasteiger partial charge in [-0.1, -0.05) is 12.1 Å². The summed E-state index contributed by atoms with van der Waals surface area (Å²) in [5.74, 6) is -1.24. The van der Waals surface area contributed by atoms with E-state index < -0.39 is 31.2 Å². The molecule has 0 atom stereocenters. The van der Waals surface area contributed by atoms with Crippen LogP contribution in [0.3, 0.4) is 0 Å². The Morgan fingerprint density at radius 2 is 1.91 bits per heavy atom. The quantitative estimate of drug-likeness (QED) is 0.696. The first-order valence-electron chi connectivity index (χ1n) is 6.35. The minimum atomic E-state index is -4.50. The zero-order chi connectivity index (χ0) is 16.6. The first-order chi connectivity index (χ1) is 10.3. The Balaban J connectivity index is 2.61. The lowest BCUT2D eigenvalue weighted by Crippen LogP contribution is -2.30. The maximum absolute atomic E-state index is 11.9. The van der Waals surface area contributed by atoms with Gasteiger partial charge in [0.2, 0.25) is 5.91 Å². The molecule has 9 heteroatoms. The number of para-hydroxylation sites is 1. The number of nitrogens with one attached hydrogen (secondary N) is 2. The van der Waals surface area contributed by atoms with Crippen molar-refractivity contribution >= 4 is 17.5 Å². The topological polar surface area (TPSA) is 93.5 Å². The number of amides is 2. The molecule has 0 aliphatic carbocycles. The molecule has 0 radical (unpaired) electrons. The van der Waals surface area contributed by atoms with E-state index in [9.17, 15) is 22.8 Å². The number of rotatable bonds is 7. The Morgan fingerprint density at radius 3 is 2.55 bits per heavy atom. The number of nitrogens with two attached hydrogens (primary N) is 1. The molecule has 1 aromatic rings. The first kappa shape index (κ1) is 17.9. The lowest BCUT2D eigenvalue weighted by atomic mass is 10.1. The summed E-state index contributed by atoms with van der Waals surface area (Å²) in [6.07, 6.45) is -4.50. The van der Waals surface area contributed by atoms with Crippen molar-refractivity contribution < 1.29 is 27.5 Å². The lowest BCUT2D eigenvalue weighted by molar-refractivity contribution is -0.174. The van der Waals surface area contributed by atoms with Gasteiger partial charge in [0.05, 0.1) is 11.3 Å². The molecule has 0 aromatic heterocycles. The monoisotopic (exact) mass is 319 g/mol. The SMILES string of the molecule is NCCNC(=O)c1ccccc1NC(=O)COCC(F)(F)F. The predicted molar refractivity (Wildman–Crippen MR) is 73.3 cm³/mol. The molecular formula is C13H16F3N3O3. The van der Waals surface area contributed by atoms with Crippen molar-refractivity contribution in [2.75, 3.05) is 31.6 Å². The molecule has 2 amide bonds. The Bertz CT molecular complexity index is 521. The van der Waals surface area contributed by atoms with Crippen LogP contribution in [0, 0.1) is 0 Å². The summed E-state index contributed by atoms with van der Waals surface area (Å²) in [6, 6.07) is 6.09. The first-order valence-corrected chi connectivity index (χ1v) is 6.35. The molecule has 4 N–H and O–H groups in total. The van der Waals surface area contributed by atoms with Crippen LogP contribution < -0.4 is 16.4 Å². The van der Waals surface area contributed by atoms with Crippen LogP contribution in [0.25, 0.3) is 0 Å². The lowest BCUT2D eigenvalue weighted by Gasteiger charge is -2.12. The van der Waals surface area contributed by atoms with Crippen LogP contribution in [0.2, 0.25) is 0 Å². The van der Waals surface area contributed by atoms with Gasteiger partial charge in [0.25, 0.3) is 5.91 Å². The van der Waals surface area contributed by atoms with Gasteiger partial charge in [-0.15, -0.1) is 0 Å². The number of carbonyl (C=O) groups excluding carboxylic acids is 2. The number of carbonyl (C=O) groups is 2. The van der Waals surface area contributed by atoms with Crippen molar-refractivity contribution in [1.29, 1.82) is 0 Å². The van der Waals surface area contributed by atoms with Gasteiger partial charge in [-0.2, -0.15) is 13.2 Å². The van der Waals surface area contributed by atoms with Gasteiger partial charge < -0.3 is 21.1 Å². The molecule has 0 saturated carbocycles. The highest BCUT2D eigenvalue weighted by atomic mass is 19.4. The van der Waals surface area contributed by atoms with Crippen molar-refractivity contribution in [3.05, 3.63) is 29.8 Å². The molecule has 0 spiro atoms. The van der Waals surface area contributed by atoms with Gasteiger partial charge >= 0.3 is 6.18 Å². The van der Waals surface area contributed by atoms with Crippen LogP contribution in [-0.2, 0) is 9.53 Å². The van der Waals surface area contributed by atoms with Gasteiger partial charge in [0.1, 0.15) is 13.2 Å². The molecule has 0 saturated heterocycles. The van der Waals surface area contributed by atoms with E-state index in [1.54, 1.807) is 12.1 Å². The number of alkyl halides is 3. The van der Waals surface area contributed by atoms with Crippen molar-refractivity contribution in [2.45, 2.75) is 6.18 Å². The summed E-state index contributed by atoms with van der Waals surface area (Å²) in [7, 11) is 0. The van der Waals surface area contributed by atoms with E-state index in [-0.39, 0.29) is 24.3 Å². The molecule has 1 aromatic carbocycles. The van der Waals surface area contributed by atoms with E-state index in [0.717, 1.165) is 0 Å². The number of benzene rings is 1. The molecular weight excluding hydrogens is 303 g/mol. The second-order valence-corrected chi connectivity index (χ2v) is 4.25.